The molecular weight excluding hydrogens is 336 g/mol. The van der Waals surface area contributed by atoms with Crippen molar-refractivity contribution in [1.82, 2.24) is 0 Å². The molecule has 0 atom stereocenters. The second kappa shape index (κ2) is 5.97. The van der Waals surface area contributed by atoms with Gasteiger partial charge in [-0.2, -0.15) is 0 Å². The van der Waals surface area contributed by atoms with Gasteiger partial charge in [0.15, 0.2) is 0 Å². The highest BCUT2D eigenvalue weighted by Gasteiger charge is 2.14. The summed E-state index contributed by atoms with van der Waals surface area (Å²) in [6.07, 6.45) is 0. The number of carboxylic acid groups (broad SMARTS) is 1. The van der Waals surface area contributed by atoms with Crippen molar-refractivity contribution in [3.05, 3.63) is 57.6 Å². The molecule has 108 valence electrons. The zero-order valence-corrected chi connectivity index (χ0v) is 12.8. The lowest BCUT2D eigenvalue weighted by molar-refractivity contribution is 0.0698. The van der Waals surface area contributed by atoms with Crippen LogP contribution in [0.4, 0.5) is 11.4 Å². The van der Waals surface area contributed by atoms with Crippen LogP contribution in [0.25, 0.3) is 0 Å². The minimum Gasteiger partial charge on any atom is -0.478 e. The summed E-state index contributed by atoms with van der Waals surface area (Å²) in [6, 6.07) is 9.58. The van der Waals surface area contributed by atoms with Gasteiger partial charge in [-0.1, -0.05) is 11.6 Å². The monoisotopic (exact) mass is 348 g/mol. The van der Waals surface area contributed by atoms with Gasteiger partial charge in [-0.15, -0.1) is 0 Å². The molecule has 0 fully saturated rings. The SMILES string of the molecule is Cc1ccc(NC(=O)c2ccc(N)c(Br)c2)c(C(=O)O)c1. The summed E-state index contributed by atoms with van der Waals surface area (Å²) >= 11 is 3.25. The topological polar surface area (TPSA) is 92.4 Å². The lowest BCUT2D eigenvalue weighted by Gasteiger charge is -2.10. The van der Waals surface area contributed by atoms with E-state index in [1.54, 1.807) is 37.3 Å². The second-order valence-corrected chi connectivity index (χ2v) is 5.40. The highest BCUT2D eigenvalue weighted by atomic mass is 79.9. The van der Waals surface area contributed by atoms with Crippen molar-refractivity contribution in [1.29, 1.82) is 0 Å². The number of anilines is 2. The Balaban J connectivity index is 2.31. The number of aryl methyl sites for hydroxylation is 1. The van der Waals surface area contributed by atoms with E-state index < -0.39 is 11.9 Å². The number of hydrogen-bond donors (Lipinski definition) is 3. The van der Waals surface area contributed by atoms with E-state index in [4.69, 9.17) is 5.73 Å². The highest BCUT2D eigenvalue weighted by Crippen LogP contribution is 2.22. The lowest BCUT2D eigenvalue weighted by atomic mass is 10.1. The van der Waals surface area contributed by atoms with Crippen LogP contribution in [0.3, 0.4) is 0 Å². The molecule has 0 heterocycles. The Bertz CT molecular complexity index is 729. The minimum atomic E-state index is -1.09. The summed E-state index contributed by atoms with van der Waals surface area (Å²) in [6.45, 7) is 1.79. The molecule has 0 saturated carbocycles. The average molecular weight is 349 g/mol. The first-order valence-corrected chi connectivity index (χ1v) is 6.88. The number of amides is 1. The molecule has 0 saturated heterocycles. The zero-order valence-electron chi connectivity index (χ0n) is 11.2. The summed E-state index contributed by atoms with van der Waals surface area (Å²) in [5.41, 5.74) is 7.68. The number of hydrogen-bond acceptors (Lipinski definition) is 3. The third-order valence-corrected chi connectivity index (χ3v) is 3.60. The zero-order chi connectivity index (χ0) is 15.6. The van der Waals surface area contributed by atoms with Gasteiger partial charge >= 0.3 is 5.97 Å². The van der Waals surface area contributed by atoms with Crippen LogP contribution in [0.2, 0.25) is 0 Å². The molecular formula is C15H13BrN2O3. The largest absolute Gasteiger partial charge is 0.478 e. The van der Waals surface area contributed by atoms with E-state index >= 15 is 0 Å². The van der Waals surface area contributed by atoms with Crippen molar-refractivity contribution in [3.63, 3.8) is 0 Å². The Morgan fingerprint density at radius 2 is 1.90 bits per heavy atom. The van der Waals surface area contributed by atoms with Crippen LogP contribution in [-0.2, 0) is 0 Å². The molecule has 2 rings (SSSR count). The molecule has 0 radical (unpaired) electrons. The number of nitrogens with one attached hydrogen (secondary N) is 1. The summed E-state index contributed by atoms with van der Waals surface area (Å²) in [5, 5.41) is 11.8. The van der Waals surface area contributed by atoms with Crippen LogP contribution in [0.15, 0.2) is 40.9 Å². The average Bonchev–Trinajstić information content (AvgIpc) is 2.43. The summed E-state index contributed by atoms with van der Waals surface area (Å²) in [7, 11) is 0. The van der Waals surface area contributed by atoms with Crippen LogP contribution < -0.4 is 11.1 Å². The molecule has 2 aromatic rings. The Morgan fingerprint density at radius 1 is 1.19 bits per heavy atom. The fourth-order valence-electron chi connectivity index (χ4n) is 1.81. The molecule has 1 amide bonds. The fourth-order valence-corrected chi connectivity index (χ4v) is 2.19. The quantitative estimate of drug-likeness (QED) is 0.742. The van der Waals surface area contributed by atoms with Crippen molar-refractivity contribution in [2.45, 2.75) is 6.92 Å². The Hall–Kier alpha value is -2.34. The normalized spacial score (nSPS) is 10.2. The number of carbonyl (C=O) groups is 2. The third kappa shape index (κ3) is 3.41. The maximum Gasteiger partial charge on any atom is 0.337 e. The predicted molar refractivity (Wildman–Crippen MR) is 84.6 cm³/mol. The van der Waals surface area contributed by atoms with Gasteiger partial charge in [-0.05, 0) is 53.2 Å². The molecule has 4 N–H and O–H groups in total. The molecule has 0 aliphatic heterocycles. The van der Waals surface area contributed by atoms with Crippen LogP contribution in [-0.4, -0.2) is 17.0 Å². The number of halogens is 1. The van der Waals surface area contributed by atoms with Gasteiger partial charge in [-0.3, -0.25) is 4.79 Å². The van der Waals surface area contributed by atoms with Crippen LogP contribution in [0, 0.1) is 6.92 Å². The van der Waals surface area contributed by atoms with Crippen LogP contribution >= 0.6 is 15.9 Å². The number of carboxylic acids is 1. The number of benzene rings is 2. The van der Waals surface area contributed by atoms with E-state index in [0.717, 1.165) is 5.56 Å². The lowest BCUT2D eigenvalue weighted by Crippen LogP contribution is -2.15. The number of nitrogens with two attached hydrogens (primary N) is 1. The molecule has 6 heteroatoms. The molecule has 0 aliphatic rings. The fraction of sp³-hybridized carbons (Fsp3) is 0.0667. The van der Waals surface area contributed by atoms with E-state index in [2.05, 4.69) is 21.2 Å². The first-order valence-electron chi connectivity index (χ1n) is 6.09. The molecule has 0 aromatic heterocycles. The van der Waals surface area contributed by atoms with Crippen molar-refractivity contribution in [3.8, 4) is 0 Å². The maximum atomic E-state index is 12.2. The van der Waals surface area contributed by atoms with E-state index in [-0.39, 0.29) is 11.3 Å². The third-order valence-electron chi connectivity index (χ3n) is 2.92. The molecule has 21 heavy (non-hydrogen) atoms. The van der Waals surface area contributed by atoms with Crippen LogP contribution in [0.5, 0.6) is 0 Å². The molecule has 0 spiro atoms. The molecule has 0 aliphatic carbocycles. The minimum absolute atomic E-state index is 0.0536. The number of rotatable bonds is 3. The van der Waals surface area contributed by atoms with Crippen molar-refractivity contribution in [2.75, 3.05) is 11.1 Å². The first kappa shape index (κ1) is 15.1. The van der Waals surface area contributed by atoms with Crippen molar-refractivity contribution < 1.29 is 14.7 Å². The second-order valence-electron chi connectivity index (χ2n) is 4.54. The van der Waals surface area contributed by atoms with E-state index in [1.165, 1.54) is 6.07 Å². The molecule has 0 bridgehead atoms. The van der Waals surface area contributed by atoms with Gasteiger partial charge in [0.1, 0.15) is 0 Å². The Kier molecular flexibility index (Phi) is 4.28. The summed E-state index contributed by atoms with van der Waals surface area (Å²) in [5.74, 6) is -1.49. The number of aromatic carboxylic acids is 1. The summed E-state index contributed by atoms with van der Waals surface area (Å²) < 4.78 is 0.609. The van der Waals surface area contributed by atoms with Gasteiger partial charge in [0, 0.05) is 15.7 Å². The molecule has 0 unspecified atom stereocenters. The summed E-state index contributed by atoms with van der Waals surface area (Å²) in [4.78, 5) is 23.4. The molecule has 5 nitrogen and oxygen atoms in total. The highest BCUT2D eigenvalue weighted by molar-refractivity contribution is 9.10. The van der Waals surface area contributed by atoms with Gasteiger partial charge in [-0.25, -0.2) is 4.79 Å². The predicted octanol–water partition coefficient (Wildman–Crippen LogP) is 3.29. The Labute approximate surface area is 129 Å². The van der Waals surface area contributed by atoms with Crippen LogP contribution in [0.1, 0.15) is 26.3 Å². The standard InChI is InChI=1S/C15H13BrN2O3/c1-8-2-5-13(10(6-8)15(20)21)18-14(19)9-3-4-12(17)11(16)7-9/h2-7H,17H2,1H3,(H,18,19)(H,20,21). The van der Waals surface area contributed by atoms with Crippen molar-refractivity contribution in [2.24, 2.45) is 0 Å². The van der Waals surface area contributed by atoms with Gasteiger partial charge in [0.25, 0.3) is 5.91 Å². The van der Waals surface area contributed by atoms with E-state index in [0.29, 0.717) is 15.7 Å². The van der Waals surface area contributed by atoms with Gasteiger partial charge in [0.2, 0.25) is 0 Å². The maximum absolute atomic E-state index is 12.2. The first-order chi connectivity index (χ1) is 9.88. The van der Waals surface area contributed by atoms with Gasteiger partial charge in [0.05, 0.1) is 11.3 Å². The number of nitrogen functional groups attached to an aromatic ring is 1. The van der Waals surface area contributed by atoms with E-state index in [1.807, 2.05) is 0 Å². The van der Waals surface area contributed by atoms with Crippen molar-refractivity contribution >= 4 is 39.2 Å². The van der Waals surface area contributed by atoms with Gasteiger partial charge < -0.3 is 16.2 Å². The van der Waals surface area contributed by atoms with E-state index in [9.17, 15) is 14.7 Å². The molecule has 2 aromatic carbocycles. The number of carbonyl (C=O) groups excluding carboxylic acids is 1. The Morgan fingerprint density at radius 3 is 2.52 bits per heavy atom. The smallest absolute Gasteiger partial charge is 0.337 e.